The predicted octanol–water partition coefficient (Wildman–Crippen LogP) is 2.49. The standard InChI is InChI=1S/C6H5ClF2OS/c7-5-2-1-4(11-5)6(8,9)3-10/h1-2,10H,3H2. The van der Waals surface area contributed by atoms with Crippen molar-refractivity contribution in [3.8, 4) is 0 Å². The number of thiophene rings is 1. The highest BCUT2D eigenvalue weighted by atomic mass is 35.5. The molecular weight excluding hydrogens is 194 g/mol. The Morgan fingerprint density at radius 2 is 2.18 bits per heavy atom. The van der Waals surface area contributed by atoms with Crippen LogP contribution in [0.4, 0.5) is 8.78 Å². The molecule has 5 heteroatoms. The fourth-order valence-corrected chi connectivity index (χ4v) is 1.60. The van der Waals surface area contributed by atoms with Crippen LogP contribution in [-0.4, -0.2) is 11.7 Å². The molecule has 0 aliphatic carbocycles. The SMILES string of the molecule is OCC(F)(F)c1ccc(Cl)s1. The molecule has 0 aliphatic rings. The van der Waals surface area contributed by atoms with Gasteiger partial charge in [0.25, 0.3) is 0 Å². The summed E-state index contributed by atoms with van der Waals surface area (Å²) < 4.78 is 25.5. The molecule has 0 fully saturated rings. The maximum Gasteiger partial charge on any atom is 0.304 e. The average Bonchev–Trinajstić information content (AvgIpc) is 2.36. The Bertz CT molecular complexity index is 248. The quantitative estimate of drug-likeness (QED) is 0.774. The molecule has 0 aromatic carbocycles. The number of halogens is 3. The third kappa shape index (κ3) is 1.89. The monoisotopic (exact) mass is 198 g/mol. The Morgan fingerprint density at radius 1 is 1.55 bits per heavy atom. The molecule has 0 aliphatic heterocycles. The Kier molecular flexibility index (Phi) is 2.47. The van der Waals surface area contributed by atoms with Gasteiger partial charge in [0.1, 0.15) is 6.61 Å². The van der Waals surface area contributed by atoms with Crippen LogP contribution in [0.2, 0.25) is 4.34 Å². The fourth-order valence-electron chi connectivity index (χ4n) is 0.589. The second-order valence-electron chi connectivity index (χ2n) is 1.97. The van der Waals surface area contributed by atoms with Crippen LogP contribution in [0.3, 0.4) is 0 Å². The number of aliphatic hydroxyl groups excluding tert-OH is 1. The Labute approximate surface area is 71.2 Å². The van der Waals surface area contributed by atoms with Crippen molar-refractivity contribution in [2.45, 2.75) is 5.92 Å². The first-order valence-electron chi connectivity index (χ1n) is 2.81. The van der Waals surface area contributed by atoms with Gasteiger partial charge >= 0.3 is 5.92 Å². The van der Waals surface area contributed by atoms with Crippen LogP contribution < -0.4 is 0 Å². The highest BCUT2D eigenvalue weighted by molar-refractivity contribution is 7.16. The van der Waals surface area contributed by atoms with E-state index in [4.69, 9.17) is 16.7 Å². The Balaban J connectivity index is 2.92. The molecule has 0 amide bonds. The molecular formula is C6H5ClF2OS. The van der Waals surface area contributed by atoms with Gasteiger partial charge in [-0.15, -0.1) is 11.3 Å². The molecule has 0 radical (unpaired) electrons. The fraction of sp³-hybridized carbons (Fsp3) is 0.333. The molecule has 0 unspecified atom stereocenters. The summed E-state index contributed by atoms with van der Waals surface area (Å²) in [4.78, 5) is -0.204. The molecule has 0 atom stereocenters. The first kappa shape index (κ1) is 8.90. The van der Waals surface area contributed by atoms with Crippen LogP contribution in [0.15, 0.2) is 12.1 Å². The van der Waals surface area contributed by atoms with E-state index in [9.17, 15) is 8.78 Å². The summed E-state index contributed by atoms with van der Waals surface area (Å²) in [6, 6.07) is 2.59. The lowest BCUT2D eigenvalue weighted by Gasteiger charge is -2.09. The van der Waals surface area contributed by atoms with E-state index in [0.717, 1.165) is 11.3 Å². The van der Waals surface area contributed by atoms with Crippen LogP contribution >= 0.6 is 22.9 Å². The first-order chi connectivity index (χ1) is 5.06. The van der Waals surface area contributed by atoms with E-state index in [-0.39, 0.29) is 4.88 Å². The van der Waals surface area contributed by atoms with E-state index in [1.165, 1.54) is 12.1 Å². The summed E-state index contributed by atoms with van der Waals surface area (Å²) in [7, 11) is 0. The Morgan fingerprint density at radius 3 is 2.55 bits per heavy atom. The molecule has 0 spiro atoms. The van der Waals surface area contributed by atoms with Crippen molar-refractivity contribution in [2.24, 2.45) is 0 Å². The van der Waals surface area contributed by atoms with Crippen LogP contribution in [0, 0.1) is 0 Å². The van der Waals surface area contributed by atoms with E-state index in [2.05, 4.69) is 0 Å². The smallest absolute Gasteiger partial charge is 0.304 e. The summed E-state index contributed by atoms with van der Waals surface area (Å²) >= 11 is 6.20. The van der Waals surface area contributed by atoms with E-state index in [1.807, 2.05) is 0 Å². The zero-order valence-electron chi connectivity index (χ0n) is 5.35. The molecule has 1 heterocycles. The maximum absolute atomic E-state index is 12.6. The summed E-state index contributed by atoms with van der Waals surface area (Å²) in [5.41, 5.74) is 0. The zero-order valence-corrected chi connectivity index (χ0v) is 6.92. The third-order valence-electron chi connectivity index (χ3n) is 1.13. The van der Waals surface area contributed by atoms with Gasteiger partial charge in [-0.25, -0.2) is 0 Å². The van der Waals surface area contributed by atoms with Crippen molar-refractivity contribution in [1.29, 1.82) is 0 Å². The van der Waals surface area contributed by atoms with Crippen molar-refractivity contribution < 1.29 is 13.9 Å². The minimum atomic E-state index is -3.15. The molecule has 1 nitrogen and oxygen atoms in total. The number of alkyl halides is 2. The van der Waals surface area contributed by atoms with E-state index >= 15 is 0 Å². The highest BCUT2D eigenvalue weighted by Gasteiger charge is 2.31. The molecule has 0 bridgehead atoms. The highest BCUT2D eigenvalue weighted by Crippen LogP contribution is 2.34. The predicted molar refractivity (Wildman–Crippen MR) is 40.3 cm³/mol. The van der Waals surface area contributed by atoms with Gasteiger partial charge in [-0.2, -0.15) is 8.78 Å². The van der Waals surface area contributed by atoms with Gasteiger partial charge in [0.15, 0.2) is 0 Å². The molecule has 62 valence electrons. The molecule has 1 rings (SSSR count). The van der Waals surface area contributed by atoms with E-state index in [1.54, 1.807) is 0 Å². The lowest BCUT2D eigenvalue weighted by atomic mass is 10.3. The summed E-state index contributed by atoms with van der Waals surface area (Å²) in [5.74, 6) is -3.15. The maximum atomic E-state index is 12.6. The van der Waals surface area contributed by atoms with E-state index < -0.39 is 12.5 Å². The van der Waals surface area contributed by atoms with Crippen molar-refractivity contribution in [3.05, 3.63) is 21.3 Å². The number of hydrogen-bond acceptors (Lipinski definition) is 2. The zero-order chi connectivity index (χ0) is 8.48. The number of aliphatic hydroxyl groups is 1. The van der Waals surface area contributed by atoms with Crippen molar-refractivity contribution in [3.63, 3.8) is 0 Å². The van der Waals surface area contributed by atoms with Gasteiger partial charge in [0.2, 0.25) is 0 Å². The topological polar surface area (TPSA) is 20.2 Å². The minimum absolute atomic E-state index is 0.204. The second-order valence-corrected chi connectivity index (χ2v) is 3.68. The van der Waals surface area contributed by atoms with Gasteiger partial charge in [-0.3, -0.25) is 0 Å². The number of hydrogen-bond donors (Lipinski definition) is 1. The second kappa shape index (κ2) is 3.05. The molecule has 1 N–H and O–H groups in total. The van der Waals surface area contributed by atoms with Gasteiger partial charge in [0, 0.05) is 0 Å². The minimum Gasteiger partial charge on any atom is -0.390 e. The Hall–Kier alpha value is -0.190. The van der Waals surface area contributed by atoms with Crippen molar-refractivity contribution in [1.82, 2.24) is 0 Å². The largest absolute Gasteiger partial charge is 0.390 e. The van der Waals surface area contributed by atoms with Crippen LogP contribution in [0.1, 0.15) is 4.88 Å². The average molecular weight is 199 g/mol. The lowest BCUT2D eigenvalue weighted by Crippen LogP contribution is -2.16. The summed E-state index contributed by atoms with van der Waals surface area (Å²) in [6.45, 7) is -1.18. The van der Waals surface area contributed by atoms with Crippen LogP contribution in [-0.2, 0) is 5.92 Å². The van der Waals surface area contributed by atoms with Crippen molar-refractivity contribution in [2.75, 3.05) is 6.61 Å². The van der Waals surface area contributed by atoms with E-state index in [0.29, 0.717) is 4.34 Å². The molecule has 1 aromatic heterocycles. The molecule has 1 aromatic rings. The first-order valence-corrected chi connectivity index (χ1v) is 4.00. The van der Waals surface area contributed by atoms with Crippen LogP contribution in [0.5, 0.6) is 0 Å². The van der Waals surface area contributed by atoms with Gasteiger partial charge in [-0.1, -0.05) is 11.6 Å². The normalized spacial score (nSPS) is 12.0. The summed E-state index contributed by atoms with van der Waals surface area (Å²) in [6.07, 6.45) is 0. The van der Waals surface area contributed by atoms with Gasteiger partial charge in [0.05, 0.1) is 9.21 Å². The van der Waals surface area contributed by atoms with Crippen LogP contribution in [0.25, 0.3) is 0 Å². The lowest BCUT2D eigenvalue weighted by molar-refractivity contribution is -0.0524. The van der Waals surface area contributed by atoms with Gasteiger partial charge in [-0.05, 0) is 12.1 Å². The third-order valence-corrected chi connectivity index (χ3v) is 2.48. The number of rotatable bonds is 2. The summed E-state index contributed by atoms with van der Waals surface area (Å²) in [5, 5.41) is 8.27. The van der Waals surface area contributed by atoms with Gasteiger partial charge < -0.3 is 5.11 Å². The molecule has 0 saturated heterocycles. The molecule has 0 saturated carbocycles. The molecule has 11 heavy (non-hydrogen) atoms. The van der Waals surface area contributed by atoms with Crippen molar-refractivity contribution >= 4 is 22.9 Å².